The van der Waals surface area contributed by atoms with E-state index >= 15 is 0 Å². The maximum Gasteiger partial charge on any atom is 0.290 e. The predicted octanol–water partition coefficient (Wildman–Crippen LogP) is 4.18. The van der Waals surface area contributed by atoms with Gasteiger partial charge in [-0.05, 0) is 56.4 Å². The molecule has 0 fully saturated rings. The highest BCUT2D eigenvalue weighted by Gasteiger charge is 2.42. The number of allylic oxidation sites excluding steroid dienone is 1. The van der Waals surface area contributed by atoms with E-state index in [-0.39, 0.29) is 5.57 Å². The molecule has 0 radical (unpaired) electrons. The molecule has 1 unspecified atom stereocenters. The summed E-state index contributed by atoms with van der Waals surface area (Å²) in [6.07, 6.45) is 5.47. The minimum absolute atomic E-state index is 0.0943. The molecule has 0 aliphatic carbocycles. The Hall–Kier alpha value is -3.64. The molecular formula is C27H30N2O4. The molecule has 0 saturated carbocycles. The van der Waals surface area contributed by atoms with Crippen molar-refractivity contribution >= 4 is 17.8 Å². The molecule has 1 atom stereocenters. The highest BCUT2D eigenvalue weighted by atomic mass is 16.5. The summed E-state index contributed by atoms with van der Waals surface area (Å²) in [4.78, 5) is 29.7. The monoisotopic (exact) mass is 446 g/mol. The lowest BCUT2D eigenvalue weighted by atomic mass is 9.95. The highest BCUT2D eigenvalue weighted by Crippen LogP contribution is 2.38. The van der Waals surface area contributed by atoms with Gasteiger partial charge in [-0.25, -0.2) is 0 Å². The summed E-state index contributed by atoms with van der Waals surface area (Å²) in [5, 5.41) is 10.7. The topological polar surface area (TPSA) is 70.1 Å². The van der Waals surface area contributed by atoms with Gasteiger partial charge in [-0.2, -0.15) is 0 Å². The maximum absolute atomic E-state index is 13.2. The molecule has 2 aromatic carbocycles. The number of aliphatic hydroxyl groups is 1. The average molecular weight is 447 g/mol. The number of amides is 1. The molecule has 6 nitrogen and oxygen atoms in total. The minimum Gasteiger partial charge on any atom is -0.503 e. The normalized spacial score (nSPS) is 16.2. The summed E-state index contributed by atoms with van der Waals surface area (Å²) >= 11 is 0. The summed E-state index contributed by atoms with van der Waals surface area (Å²) < 4.78 is 5.55. The lowest BCUT2D eigenvalue weighted by molar-refractivity contribution is -0.129. The van der Waals surface area contributed by atoms with E-state index in [1.54, 1.807) is 29.2 Å². The molecule has 0 aromatic heterocycles. The number of rotatable bonds is 11. The van der Waals surface area contributed by atoms with Gasteiger partial charge in [0.25, 0.3) is 5.91 Å². The van der Waals surface area contributed by atoms with Crippen LogP contribution in [0.25, 0.3) is 6.08 Å². The molecule has 1 amide bonds. The average Bonchev–Trinajstić information content (AvgIpc) is 3.07. The first-order chi connectivity index (χ1) is 15.9. The van der Waals surface area contributed by atoms with E-state index in [1.165, 1.54) is 6.08 Å². The molecule has 3 rings (SSSR count). The second-order valence-electron chi connectivity index (χ2n) is 8.10. The molecule has 33 heavy (non-hydrogen) atoms. The fourth-order valence-electron chi connectivity index (χ4n) is 3.77. The summed E-state index contributed by atoms with van der Waals surface area (Å²) in [5.74, 6) is -0.745. The van der Waals surface area contributed by atoms with Crippen molar-refractivity contribution in [3.05, 3.63) is 95.8 Å². The molecule has 1 heterocycles. The summed E-state index contributed by atoms with van der Waals surface area (Å²) in [6, 6.07) is 16.0. The lowest BCUT2D eigenvalue weighted by Gasteiger charge is -2.27. The molecular weight excluding hydrogens is 416 g/mol. The van der Waals surface area contributed by atoms with Gasteiger partial charge in [0.2, 0.25) is 0 Å². The smallest absolute Gasteiger partial charge is 0.290 e. The SMILES string of the molecule is C=CCOc1ccc(C2C(C(=O)/C=C/c3ccccc3)=C(O)C(=O)N2CCCN(C)C)cc1. The van der Waals surface area contributed by atoms with Gasteiger partial charge in [-0.1, -0.05) is 61.2 Å². The minimum atomic E-state index is -0.666. The zero-order chi connectivity index (χ0) is 23.8. The number of ether oxygens (including phenoxy) is 1. The zero-order valence-electron chi connectivity index (χ0n) is 19.1. The van der Waals surface area contributed by atoms with Crippen LogP contribution in [0.5, 0.6) is 5.75 Å². The second kappa shape index (κ2) is 11.3. The van der Waals surface area contributed by atoms with Gasteiger partial charge >= 0.3 is 0 Å². The fraction of sp³-hybridized carbons (Fsp3) is 0.259. The van der Waals surface area contributed by atoms with Gasteiger partial charge < -0.3 is 19.6 Å². The summed E-state index contributed by atoms with van der Waals surface area (Å²) in [7, 11) is 3.93. The molecule has 1 aliphatic heterocycles. The quantitative estimate of drug-likeness (QED) is 0.414. The van der Waals surface area contributed by atoms with Crippen molar-refractivity contribution in [2.24, 2.45) is 0 Å². The van der Waals surface area contributed by atoms with Crippen LogP contribution in [0.3, 0.4) is 0 Å². The van der Waals surface area contributed by atoms with Crippen molar-refractivity contribution in [1.82, 2.24) is 9.80 Å². The van der Waals surface area contributed by atoms with E-state index in [4.69, 9.17) is 4.74 Å². The van der Waals surface area contributed by atoms with E-state index < -0.39 is 23.5 Å². The third-order valence-electron chi connectivity index (χ3n) is 5.36. The number of nitrogens with zero attached hydrogens (tertiary/aromatic N) is 2. The van der Waals surface area contributed by atoms with Gasteiger partial charge in [0.1, 0.15) is 12.4 Å². The Labute approximate surface area is 195 Å². The van der Waals surface area contributed by atoms with Crippen molar-refractivity contribution in [2.75, 3.05) is 33.8 Å². The fourth-order valence-corrected chi connectivity index (χ4v) is 3.77. The summed E-state index contributed by atoms with van der Waals surface area (Å²) in [5.41, 5.74) is 1.69. The van der Waals surface area contributed by atoms with Crippen molar-refractivity contribution in [3.8, 4) is 5.75 Å². The maximum atomic E-state index is 13.2. The van der Waals surface area contributed by atoms with Crippen LogP contribution >= 0.6 is 0 Å². The first-order valence-corrected chi connectivity index (χ1v) is 10.9. The molecule has 1 aliphatic rings. The van der Waals surface area contributed by atoms with Crippen LogP contribution in [0.2, 0.25) is 0 Å². The van der Waals surface area contributed by atoms with Crippen LogP contribution in [-0.4, -0.2) is 60.4 Å². The Bertz CT molecular complexity index is 1040. The number of benzene rings is 2. The Kier molecular flexibility index (Phi) is 8.22. The van der Waals surface area contributed by atoms with Crippen molar-refractivity contribution < 1.29 is 19.4 Å². The molecule has 2 aromatic rings. The largest absolute Gasteiger partial charge is 0.503 e. The third-order valence-corrected chi connectivity index (χ3v) is 5.36. The van der Waals surface area contributed by atoms with Gasteiger partial charge in [-0.3, -0.25) is 9.59 Å². The molecule has 0 spiro atoms. The Morgan fingerprint density at radius 2 is 1.85 bits per heavy atom. The van der Waals surface area contributed by atoms with Gasteiger partial charge in [0.05, 0.1) is 11.6 Å². The number of carbonyl (C=O) groups is 2. The van der Waals surface area contributed by atoms with E-state index in [9.17, 15) is 14.7 Å². The van der Waals surface area contributed by atoms with Crippen LogP contribution < -0.4 is 4.74 Å². The first-order valence-electron chi connectivity index (χ1n) is 10.9. The second-order valence-corrected chi connectivity index (χ2v) is 8.10. The number of carbonyl (C=O) groups excluding carboxylic acids is 2. The van der Waals surface area contributed by atoms with Crippen molar-refractivity contribution in [3.63, 3.8) is 0 Å². The van der Waals surface area contributed by atoms with Crippen LogP contribution in [0.1, 0.15) is 23.6 Å². The molecule has 0 saturated heterocycles. The zero-order valence-corrected chi connectivity index (χ0v) is 19.1. The molecule has 6 heteroatoms. The van der Waals surface area contributed by atoms with E-state index in [0.717, 1.165) is 17.7 Å². The summed E-state index contributed by atoms with van der Waals surface area (Å²) in [6.45, 7) is 5.22. The number of ketones is 1. The molecule has 0 bridgehead atoms. The Balaban J connectivity index is 1.92. The van der Waals surface area contributed by atoms with Crippen LogP contribution in [0.4, 0.5) is 0 Å². The van der Waals surface area contributed by atoms with Crippen LogP contribution in [0, 0.1) is 0 Å². The van der Waals surface area contributed by atoms with Gasteiger partial charge in [0, 0.05) is 6.54 Å². The Morgan fingerprint density at radius 3 is 2.48 bits per heavy atom. The lowest BCUT2D eigenvalue weighted by Crippen LogP contribution is -2.33. The Morgan fingerprint density at radius 1 is 1.15 bits per heavy atom. The van der Waals surface area contributed by atoms with E-state index in [1.807, 2.05) is 61.5 Å². The van der Waals surface area contributed by atoms with E-state index in [2.05, 4.69) is 6.58 Å². The molecule has 172 valence electrons. The predicted molar refractivity (Wildman–Crippen MR) is 130 cm³/mol. The molecule has 1 N–H and O–H groups in total. The van der Waals surface area contributed by atoms with Crippen molar-refractivity contribution in [1.29, 1.82) is 0 Å². The van der Waals surface area contributed by atoms with Crippen LogP contribution in [-0.2, 0) is 9.59 Å². The van der Waals surface area contributed by atoms with Gasteiger partial charge in [0.15, 0.2) is 11.5 Å². The van der Waals surface area contributed by atoms with Crippen molar-refractivity contribution in [2.45, 2.75) is 12.5 Å². The van der Waals surface area contributed by atoms with Gasteiger partial charge in [-0.15, -0.1) is 0 Å². The number of aliphatic hydroxyl groups excluding tert-OH is 1. The third kappa shape index (κ3) is 5.99. The highest BCUT2D eigenvalue weighted by molar-refractivity contribution is 6.14. The number of hydrogen-bond donors (Lipinski definition) is 1. The van der Waals surface area contributed by atoms with E-state index in [0.29, 0.717) is 25.3 Å². The standard InChI is InChI=1S/C27H30N2O4/c1-4-19-33-22-14-12-21(13-15-22)25-24(23(30)16-11-20-9-6-5-7-10-20)26(31)27(32)29(25)18-8-17-28(2)3/h4-7,9-16,25,31H,1,8,17-19H2,2-3H3/b16-11+. The number of hydrogen-bond acceptors (Lipinski definition) is 5. The van der Waals surface area contributed by atoms with Crippen LogP contribution in [0.15, 0.2) is 84.7 Å². The first kappa shape index (κ1) is 24.0.